The number of nitrogens with one attached hydrogen (secondary N) is 3. The molecule has 3 amide bonds. The SMILES string of the molecule is CC.CCc1ccc(NC(=O)C2=CCCC=C2)cc1.CCc1ccc(NC(=O)Nc2ccccc2)cc1.[HH].[HH].[HH]. The predicted molar refractivity (Wildman–Crippen MR) is 164 cm³/mol. The van der Waals surface area contributed by atoms with Crippen molar-refractivity contribution >= 4 is 29.0 Å². The molecule has 4 rings (SSSR count). The smallest absolute Gasteiger partial charge is 0.322 e. The van der Waals surface area contributed by atoms with Crippen LogP contribution in [-0.2, 0) is 17.6 Å². The lowest BCUT2D eigenvalue weighted by molar-refractivity contribution is -0.112. The molecule has 1 aliphatic rings. The lowest BCUT2D eigenvalue weighted by Gasteiger charge is -2.08. The lowest BCUT2D eigenvalue weighted by Crippen LogP contribution is -2.19. The minimum atomic E-state index is -0.231. The Kier molecular flexibility index (Phi) is 13.0. The molecule has 0 aliphatic heterocycles. The van der Waals surface area contributed by atoms with Crippen molar-refractivity contribution in [1.29, 1.82) is 0 Å². The largest absolute Gasteiger partial charge is 0.323 e. The van der Waals surface area contributed by atoms with Crippen LogP contribution in [0.3, 0.4) is 0 Å². The third kappa shape index (κ3) is 10.6. The number of allylic oxidation sites excluding steroid dienone is 2. The number of amides is 3. The molecule has 0 atom stereocenters. The number of aryl methyl sites for hydroxylation is 2. The summed E-state index contributed by atoms with van der Waals surface area (Å²) in [5, 5.41) is 8.47. The first-order valence-corrected chi connectivity index (χ1v) is 13.1. The van der Waals surface area contributed by atoms with Gasteiger partial charge in [-0.3, -0.25) is 4.79 Å². The van der Waals surface area contributed by atoms with Crippen molar-refractivity contribution < 1.29 is 13.9 Å². The third-order valence-corrected chi connectivity index (χ3v) is 5.53. The molecule has 0 fully saturated rings. The Morgan fingerprint density at radius 3 is 1.62 bits per heavy atom. The van der Waals surface area contributed by atoms with Crippen molar-refractivity contribution in [3.8, 4) is 0 Å². The van der Waals surface area contributed by atoms with E-state index in [0.29, 0.717) is 0 Å². The molecule has 0 saturated carbocycles. The number of carbonyl (C=O) groups is 2. The Bertz CT molecular complexity index is 1160. The molecule has 0 saturated heterocycles. The molecule has 0 heterocycles. The van der Waals surface area contributed by atoms with Gasteiger partial charge in [0.2, 0.25) is 0 Å². The Morgan fingerprint density at radius 1 is 0.676 bits per heavy atom. The van der Waals surface area contributed by atoms with Crippen LogP contribution >= 0.6 is 0 Å². The summed E-state index contributed by atoms with van der Waals surface area (Å²) in [5.74, 6) is -0.0230. The van der Waals surface area contributed by atoms with E-state index in [1.54, 1.807) is 0 Å². The normalized spacial score (nSPS) is 11.5. The first kappa shape index (κ1) is 29.1. The molecule has 0 unspecified atom stereocenters. The van der Waals surface area contributed by atoms with Crippen LogP contribution in [0.25, 0.3) is 0 Å². The van der Waals surface area contributed by atoms with Gasteiger partial charge >= 0.3 is 6.03 Å². The molecule has 0 spiro atoms. The predicted octanol–water partition coefficient (Wildman–Crippen LogP) is 9.12. The zero-order valence-corrected chi connectivity index (χ0v) is 22.4. The van der Waals surface area contributed by atoms with Crippen molar-refractivity contribution in [2.75, 3.05) is 16.0 Å². The van der Waals surface area contributed by atoms with Gasteiger partial charge in [-0.1, -0.05) is 88.4 Å². The number of anilines is 3. The zero-order chi connectivity index (χ0) is 26.9. The van der Waals surface area contributed by atoms with Gasteiger partial charge in [-0.2, -0.15) is 0 Å². The van der Waals surface area contributed by atoms with Crippen LogP contribution < -0.4 is 16.0 Å². The second-order valence-corrected chi connectivity index (χ2v) is 8.14. The molecule has 3 N–H and O–H groups in total. The molecule has 37 heavy (non-hydrogen) atoms. The van der Waals surface area contributed by atoms with E-state index < -0.39 is 0 Å². The van der Waals surface area contributed by atoms with Crippen molar-refractivity contribution in [3.63, 3.8) is 0 Å². The zero-order valence-electron chi connectivity index (χ0n) is 22.4. The van der Waals surface area contributed by atoms with E-state index in [1.807, 2.05) is 111 Å². The van der Waals surface area contributed by atoms with Crippen molar-refractivity contribution in [1.82, 2.24) is 0 Å². The van der Waals surface area contributed by atoms with Gasteiger partial charge in [0.15, 0.2) is 0 Å². The molecule has 5 nitrogen and oxygen atoms in total. The Hall–Kier alpha value is -4.12. The van der Waals surface area contributed by atoms with E-state index in [2.05, 4.69) is 29.8 Å². The van der Waals surface area contributed by atoms with Crippen LogP contribution in [0.4, 0.5) is 21.9 Å². The second kappa shape index (κ2) is 16.5. The number of benzene rings is 3. The van der Waals surface area contributed by atoms with Gasteiger partial charge in [0, 0.05) is 26.9 Å². The van der Waals surface area contributed by atoms with Crippen LogP contribution in [0.1, 0.15) is 55.9 Å². The number of urea groups is 1. The molecule has 0 aromatic heterocycles. The van der Waals surface area contributed by atoms with Crippen molar-refractivity contribution in [3.05, 3.63) is 114 Å². The fourth-order valence-corrected chi connectivity index (χ4v) is 3.45. The molecular formula is C32H45N3O2. The average Bonchev–Trinajstić information content (AvgIpc) is 2.96. The molecule has 5 heteroatoms. The van der Waals surface area contributed by atoms with Crippen LogP contribution in [0, 0.1) is 0 Å². The van der Waals surface area contributed by atoms with Gasteiger partial charge in [-0.25, -0.2) is 4.79 Å². The maximum atomic E-state index is 11.9. The standard InChI is InChI=1S/C15H16N2O.C15H17NO.C2H6.3H2/c1-2-12-8-10-14(11-9-12)17-15(18)16-13-6-4-3-5-7-13;1-2-12-8-10-14(11-9-12)16-15(17)13-6-4-3-5-7-13;1-2;;;/h3-11H,2H2,1H3,(H2,16,17,18);4,6-11H,2-3,5H2,1H3,(H,16,17);1-2H3;3*1H. The number of hydrogen-bond acceptors (Lipinski definition) is 2. The summed E-state index contributed by atoms with van der Waals surface area (Å²) in [6, 6.07) is 25.0. The number of rotatable bonds is 6. The second-order valence-electron chi connectivity index (χ2n) is 8.14. The maximum absolute atomic E-state index is 11.9. The molecule has 3 aromatic rings. The Labute approximate surface area is 226 Å². The molecular weight excluding hydrogens is 458 g/mol. The monoisotopic (exact) mass is 503 g/mol. The van der Waals surface area contributed by atoms with Gasteiger partial charge in [0.25, 0.3) is 5.91 Å². The number of hydrogen-bond donors (Lipinski definition) is 3. The van der Waals surface area contributed by atoms with E-state index in [0.717, 1.165) is 48.3 Å². The maximum Gasteiger partial charge on any atom is 0.323 e. The Morgan fingerprint density at radius 2 is 1.16 bits per heavy atom. The number of para-hydroxylation sites is 1. The van der Waals surface area contributed by atoms with Crippen LogP contribution in [0.2, 0.25) is 0 Å². The lowest BCUT2D eigenvalue weighted by atomic mass is 10.1. The fraction of sp³-hybridized carbons (Fsp3) is 0.250. The summed E-state index contributed by atoms with van der Waals surface area (Å²) in [5.41, 5.74) is 5.72. The van der Waals surface area contributed by atoms with E-state index in [4.69, 9.17) is 0 Å². The van der Waals surface area contributed by atoms with Crippen LogP contribution in [0.15, 0.2) is 103 Å². The highest BCUT2D eigenvalue weighted by molar-refractivity contribution is 6.05. The summed E-state index contributed by atoms with van der Waals surface area (Å²) in [6.45, 7) is 8.22. The summed E-state index contributed by atoms with van der Waals surface area (Å²) in [7, 11) is 0. The Balaban J connectivity index is 0. The summed E-state index contributed by atoms with van der Waals surface area (Å²) >= 11 is 0. The summed E-state index contributed by atoms with van der Waals surface area (Å²) < 4.78 is 0. The summed E-state index contributed by atoms with van der Waals surface area (Å²) in [4.78, 5) is 23.6. The first-order chi connectivity index (χ1) is 18.1. The fourth-order valence-electron chi connectivity index (χ4n) is 3.45. The number of carbonyl (C=O) groups excluding carboxylic acids is 2. The first-order valence-electron chi connectivity index (χ1n) is 13.1. The van der Waals surface area contributed by atoms with Gasteiger partial charge < -0.3 is 16.0 Å². The molecule has 0 bridgehead atoms. The van der Waals surface area contributed by atoms with Crippen LogP contribution in [-0.4, -0.2) is 11.9 Å². The van der Waals surface area contributed by atoms with Gasteiger partial charge in [0.1, 0.15) is 0 Å². The summed E-state index contributed by atoms with van der Waals surface area (Å²) in [6.07, 6.45) is 9.90. The molecule has 200 valence electrons. The molecule has 1 aliphatic carbocycles. The quantitative estimate of drug-likeness (QED) is 0.314. The topological polar surface area (TPSA) is 70.2 Å². The molecule has 3 aromatic carbocycles. The van der Waals surface area contributed by atoms with E-state index in [9.17, 15) is 9.59 Å². The average molecular weight is 504 g/mol. The van der Waals surface area contributed by atoms with Gasteiger partial charge in [0.05, 0.1) is 0 Å². The van der Waals surface area contributed by atoms with Crippen LogP contribution in [0.5, 0.6) is 0 Å². The highest BCUT2D eigenvalue weighted by Gasteiger charge is 2.08. The molecule has 0 radical (unpaired) electrons. The third-order valence-electron chi connectivity index (χ3n) is 5.53. The minimum absolute atomic E-state index is 0. The van der Waals surface area contributed by atoms with E-state index in [-0.39, 0.29) is 16.2 Å². The highest BCUT2D eigenvalue weighted by Crippen LogP contribution is 2.15. The highest BCUT2D eigenvalue weighted by atomic mass is 16.2. The van der Waals surface area contributed by atoms with E-state index >= 15 is 0 Å². The van der Waals surface area contributed by atoms with Gasteiger partial charge in [-0.05, 0) is 73.2 Å². The minimum Gasteiger partial charge on any atom is -0.322 e. The van der Waals surface area contributed by atoms with Gasteiger partial charge in [-0.15, -0.1) is 0 Å². The van der Waals surface area contributed by atoms with E-state index in [1.165, 1.54) is 11.1 Å². The van der Waals surface area contributed by atoms with Crippen molar-refractivity contribution in [2.45, 2.75) is 53.4 Å². The van der Waals surface area contributed by atoms with Crippen molar-refractivity contribution in [2.24, 2.45) is 0 Å².